The van der Waals surface area contributed by atoms with Gasteiger partial charge in [0.25, 0.3) is 0 Å². The maximum absolute atomic E-state index is 12.8. The van der Waals surface area contributed by atoms with E-state index < -0.39 is 24.2 Å². The summed E-state index contributed by atoms with van der Waals surface area (Å²) in [5.41, 5.74) is 0. The van der Waals surface area contributed by atoms with Gasteiger partial charge in [0.05, 0.1) is 11.8 Å². The fourth-order valence-corrected chi connectivity index (χ4v) is 4.20. The first-order valence-electron chi connectivity index (χ1n) is 7.57. The molecule has 1 heterocycles. The molecule has 0 aromatic carbocycles. The fourth-order valence-electron chi connectivity index (χ4n) is 3.02. The number of nitrogens with zero attached hydrogens (tertiary/aromatic N) is 1. The number of rotatable bonds is 3. The van der Waals surface area contributed by atoms with E-state index in [4.69, 9.17) is 0 Å². The Morgan fingerprint density at radius 3 is 2.68 bits per heavy atom. The number of amides is 2. The predicted molar refractivity (Wildman–Crippen MR) is 78.2 cm³/mol. The second-order valence-corrected chi connectivity index (χ2v) is 6.84. The molecule has 1 N–H and O–H groups in total. The van der Waals surface area contributed by atoms with E-state index in [9.17, 15) is 22.8 Å². The zero-order valence-electron chi connectivity index (χ0n) is 12.5. The molecule has 1 aliphatic heterocycles. The molecule has 8 heteroatoms. The van der Waals surface area contributed by atoms with Gasteiger partial charge in [-0.1, -0.05) is 13.3 Å². The molecule has 0 spiro atoms. The molecule has 22 heavy (non-hydrogen) atoms. The molecule has 1 aliphatic carbocycles. The Balaban J connectivity index is 1.92. The van der Waals surface area contributed by atoms with Crippen molar-refractivity contribution < 1.29 is 22.8 Å². The maximum Gasteiger partial charge on any atom is 0.391 e. The van der Waals surface area contributed by atoms with Crippen molar-refractivity contribution in [1.29, 1.82) is 0 Å². The third kappa shape index (κ3) is 4.08. The summed E-state index contributed by atoms with van der Waals surface area (Å²) in [6.45, 7) is 1.73. The van der Waals surface area contributed by atoms with E-state index >= 15 is 0 Å². The minimum absolute atomic E-state index is 0.0587. The van der Waals surface area contributed by atoms with E-state index in [2.05, 4.69) is 5.32 Å². The van der Waals surface area contributed by atoms with Crippen LogP contribution in [0.2, 0.25) is 0 Å². The molecule has 4 nitrogen and oxygen atoms in total. The molecule has 2 aliphatic rings. The second kappa shape index (κ2) is 7.10. The highest BCUT2D eigenvalue weighted by Gasteiger charge is 2.43. The minimum atomic E-state index is -4.20. The van der Waals surface area contributed by atoms with Gasteiger partial charge in [0, 0.05) is 18.2 Å². The van der Waals surface area contributed by atoms with Crippen LogP contribution < -0.4 is 5.32 Å². The molecule has 3 atom stereocenters. The van der Waals surface area contributed by atoms with Crippen LogP contribution in [-0.2, 0) is 9.59 Å². The van der Waals surface area contributed by atoms with Crippen molar-refractivity contribution in [3.63, 3.8) is 0 Å². The summed E-state index contributed by atoms with van der Waals surface area (Å²) in [4.78, 5) is 25.6. The van der Waals surface area contributed by atoms with E-state index in [1.807, 2.05) is 0 Å². The van der Waals surface area contributed by atoms with Crippen molar-refractivity contribution in [1.82, 2.24) is 10.2 Å². The van der Waals surface area contributed by atoms with Crippen LogP contribution in [0, 0.1) is 5.92 Å². The molecule has 3 unspecified atom stereocenters. The van der Waals surface area contributed by atoms with Crippen molar-refractivity contribution in [3.05, 3.63) is 0 Å². The lowest BCUT2D eigenvalue weighted by molar-refractivity contribution is -0.184. The topological polar surface area (TPSA) is 49.4 Å². The van der Waals surface area contributed by atoms with E-state index in [-0.39, 0.29) is 24.7 Å². The molecule has 0 bridgehead atoms. The molecule has 0 aromatic heterocycles. The van der Waals surface area contributed by atoms with Crippen LogP contribution in [-0.4, -0.2) is 46.6 Å². The van der Waals surface area contributed by atoms with E-state index in [1.165, 1.54) is 16.7 Å². The van der Waals surface area contributed by atoms with E-state index in [1.54, 1.807) is 6.92 Å². The van der Waals surface area contributed by atoms with Crippen LogP contribution in [0.4, 0.5) is 13.2 Å². The number of nitrogens with one attached hydrogen (secondary N) is 1. The summed E-state index contributed by atoms with van der Waals surface area (Å²) in [6.07, 6.45) is -2.76. The van der Waals surface area contributed by atoms with Gasteiger partial charge in [-0.15, -0.1) is 11.8 Å². The Kier molecular flexibility index (Phi) is 5.63. The Morgan fingerprint density at radius 1 is 1.32 bits per heavy atom. The van der Waals surface area contributed by atoms with Crippen LogP contribution >= 0.6 is 11.8 Å². The SMILES string of the molecule is CCC(=O)N1CSCC1C(=O)NC1CCCC(C(F)(F)F)C1. The fraction of sp³-hybridized carbons (Fsp3) is 0.857. The van der Waals surface area contributed by atoms with Crippen molar-refractivity contribution in [2.75, 3.05) is 11.6 Å². The molecule has 126 valence electrons. The molecule has 2 fully saturated rings. The van der Waals surface area contributed by atoms with Gasteiger partial charge >= 0.3 is 6.18 Å². The minimum Gasteiger partial charge on any atom is -0.352 e. The molecule has 2 amide bonds. The molecule has 1 saturated carbocycles. The molecular formula is C14H21F3N2O2S. The zero-order valence-corrected chi connectivity index (χ0v) is 13.3. The highest BCUT2D eigenvalue weighted by Crippen LogP contribution is 2.37. The average Bonchev–Trinajstić information content (AvgIpc) is 2.95. The summed E-state index contributed by atoms with van der Waals surface area (Å²) < 4.78 is 38.4. The normalized spacial score (nSPS) is 29.5. The molecule has 1 saturated heterocycles. The number of hydrogen-bond acceptors (Lipinski definition) is 3. The lowest BCUT2D eigenvalue weighted by Crippen LogP contribution is -2.51. The number of carbonyl (C=O) groups is 2. The molecule has 0 aromatic rings. The number of hydrogen-bond donors (Lipinski definition) is 1. The monoisotopic (exact) mass is 338 g/mol. The van der Waals surface area contributed by atoms with E-state index in [0.29, 0.717) is 30.9 Å². The summed E-state index contributed by atoms with van der Waals surface area (Å²) in [7, 11) is 0. The zero-order chi connectivity index (χ0) is 16.3. The number of thioether (sulfide) groups is 1. The second-order valence-electron chi connectivity index (χ2n) is 5.84. The first-order valence-corrected chi connectivity index (χ1v) is 8.72. The summed E-state index contributed by atoms with van der Waals surface area (Å²) in [6, 6.07) is -0.999. The van der Waals surface area contributed by atoms with E-state index in [0.717, 1.165) is 0 Å². The smallest absolute Gasteiger partial charge is 0.352 e. The van der Waals surface area contributed by atoms with Crippen molar-refractivity contribution in [3.8, 4) is 0 Å². The van der Waals surface area contributed by atoms with Crippen molar-refractivity contribution in [2.24, 2.45) is 5.92 Å². The Morgan fingerprint density at radius 2 is 2.05 bits per heavy atom. The lowest BCUT2D eigenvalue weighted by Gasteiger charge is -2.32. The number of carbonyl (C=O) groups excluding carboxylic acids is 2. The Labute approximate surface area is 132 Å². The van der Waals surface area contributed by atoms with Crippen LogP contribution in [0.1, 0.15) is 39.0 Å². The predicted octanol–water partition coefficient (Wildman–Crippen LogP) is 2.54. The first kappa shape index (κ1) is 17.4. The standard InChI is InChI=1S/C14H21F3N2O2S/c1-2-12(20)19-8-22-7-11(19)13(21)18-10-5-3-4-9(6-10)14(15,16)17/h9-11H,2-8H2,1H3,(H,18,21). The van der Waals surface area contributed by atoms with Crippen LogP contribution in [0.5, 0.6) is 0 Å². The van der Waals surface area contributed by atoms with Crippen LogP contribution in [0.3, 0.4) is 0 Å². The Hall–Kier alpha value is -0.920. The van der Waals surface area contributed by atoms with Crippen LogP contribution in [0.15, 0.2) is 0 Å². The van der Waals surface area contributed by atoms with Gasteiger partial charge in [-0.25, -0.2) is 0 Å². The van der Waals surface area contributed by atoms with Gasteiger partial charge in [-0.2, -0.15) is 13.2 Å². The highest BCUT2D eigenvalue weighted by molar-refractivity contribution is 7.99. The number of halogens is 3. The van der Waals surface area contributed by atoms with Crippen molar-refractivity contribution >= 4 is 23.6 Å². The third-order valence-corrected chi connectivity index (χ3v) is 5.30. The van der Waals surface area contributed by atoms with Gasteiger partial charge in [-0.05, 0) is 19.3 Å². The summed E-state index contributed by atoms with van der Waals surface area (Å²) in [5.74, 6) is -0.771. The van der Waals surface area contributed by atoms with Crippen molar-refractivity contribution in [2.45, 2.75) is 57.3 Å². The van der Waals surface area contributed by atoms with Crippen LogP contribution in [0.25, 0.3) is 0 Å². The number of alkyl halides is 3. The van der Waals surface area contributed by atoms with Gasteiger partial charge in [-0.3, -0.25) is 9.59 Å². The van der Waals surface area contributed by atoms with Gasteiger partial charge in [0.2, 0.25) is 11.8 Å². The molecule has 0 radical (unpaired) electrons. The summed E-state index contributed by atoms with van der Waals surface area (Å²) in [5, 5.41) is 2.73. The maximum atomic E-state index is 12.8. The highest BCUT2D eigenvalue weighted by atomic mass is 32.2. The van der Waals surface area contributed by atoms with Gasteiger partial charge < -0.3 is 10.2 Å². The quantitative estimate of drug-likeness (QED) is 0.860. The largest absolute Gasteiger partial charge is 0.391 e. The summed E-state index contributed by atoms with van der Waals surface area (Å²) >= 11 is 1.49. The molecule has 2 rings (SSSR count). The average molecular weight is 338 g/mol. The van der Waals surface area contributed by atoms with Gasteiger partial charge in [0.15, 0.2) is 0 Å². The molecular weight excluding hydrogens is 317 g/mol. The van der Waals surface area contributed by atoms with Gasteiger partial charge in [0.1, 0.15) is 6.04 Å². The Bertz CT molecular complexity index is 431. The first-order chi connectivity index (χ1) is 10.3. The third-order valence-electron chi connectivity index (χ3n) is 4.29. The lowest BCUT2D eigenvalue weighted by atomic mass is 9.85.